The van der Waals surface area contributed by atoms with Gasteiger partial charge in [0.25, 0.3) is 5.56 Å². The summed E-state index contributed by atoms with van der Waals surface area (Å²) in [7, 11) is 4.07. The summed E-state index contributed by atoms with van der Waals surface area (Å²) in [5, 5.41) is 6.70. The molecule has 0 fully saturated rings. The third-order valence-corrected chi connectivity index (χ3v) is 4.35. The summed E-state index contributed by atoms with van der Waals surface area (Å²) in [5.41, 5.74) is 2.00. The molecule has 0 amide bonds. The van der Waals surface area contributed by atoms with Gasteiger partial charge in [-0.15, -0.1) is 0 Å². The van der Waals surface area contributed by atoms with Crippen molar-refractivity contribution in [1.82, 2.24) is 10.2 Å². The third-order valence-electron chi connectivity index (χ3n) is 4.35. The fraction of sp³-hybridized carbons (Fsp3) is 0.227. The normalized spacial score (nSPS) is 10.8. The Labute approximate surface area is 163 Å². The number of nitrogens with one attached hydrogen (secondary N) is 2. The second-order valence-electron chi connectivity index (χ2n) is 6.83. The van der Waals surface area contributed by atoms with Crippen molar-refractivity contribution in [3.05, 3.63) is 76.6 Å². The molecule has 0 spiro atoms. The molecule has 0 radical (unpaired) electrons. The van der Waals surface area contributed by atoms with Crippen LogP contribution in [0.3, 0.4) is 0 Å². The Balaban J connectivity index is 2.06. The molecule has 0 unspecified atom stereocenters. The number of carbonyl (C=O) groups is 1. The lowest BCUT2D eigenvalue weighted by molar-refractivity contribution is -0.858. The van der Waals surface area contributed by atoms with Gasteiger partial charge >= 0.3 is 5.97 Å². The molecule has 6 nitrogen and oxygen atoms in total. The van der Waals surface area contributed by atoms with Crippen molar-refractivity contribution < 1.29 is 14.4 Å². The Hall–Kier alpha value is -3.25. The number of ether oxygens (including phenoxy) is 1. The molecular weight excluding hydrogens is 354 g/mol. The second-order valence-corrected chi connectivity index (χ2v) is 6.83. The number of quaternary nitrogens is 1. The van der Waals surface area contributed by atoms with Gasteiger partial charge in [-0.05, 0) is 5.56 Å². The lowest BCUT2D eigenvalue weighted by Crippen LogP contribution is -3.05. The van der Waals surface area contributed by atoms with Crippen LogP contribution in [0.4, 0.5) is 0 Å². The first-order valence-corrected chi connectivity index (χ1v) is 9.27. The maximum atomic E-state index is 12.8. The van der Waals surface area contributed by atoms with Crippen LogP contribution in [-0.2, 0) is 4.74 Å². The number of nitrogens with zero attached hydrogens (tertiary/aromatic N) is 1. The average molecular weight is 378 g/mol. The standard InChI is InChI=1S/C22H23N3O3/c1-25(2)14-9-15-28-22(27)19-18(16-10-5-3-6-11-16)20(23-24-21(19)26)17-12-7-4-8-13-17/h3-8,10-13H,9,14-15H2,1-2H3,(H,24,26)/p+1. The summed E-state index contributed by atoms with van der Waals surface area (Å²) in [4.78, 5) is 26.6. The van der Waals surface area contributed by atoms with Crippen molar-refractivity contribution in [2.75, 3.05) is 27.2 Å². The van der Waals surface area contributed by atoms with E-state index < -0.39 is 11.5 Å². The molecule has 0 bridgehead atoms. The van der Waals surface area contributed by atoms with E-state index in [0.29, 0.717) is 11.3 Å². The van der Waals surface area contributed by atoms with Gasteiger partial charge in [-0.2, -0.15) is 5.10 Å². The van der Waals surface area contributed by atoms with Gasteiger partial charge in [0.2, 0.25) is 0 Å². The van der Waals surface area contributed by atoms with Crippen molar-refractivity contribution in [3.8, 4) is 22.4 Å². The SMILES string of the molecule is C[NH+](C)CCCOC(=O)c1c(-c2ccccc2)c(-c2ccccc2)n[nH]c1=O. The molecule has 2 aromatic carbocycles. The van der Waals surface area contributed by atoms with Gasteiger partial charge in [-0.25, -0.2) is 9.89 Å². The minimum Gasteiger partial charge on any atom is -0.462 e. The lowest BCUT2D eigenvalue weighted by Gasteiger charge is -2.13. The van der Waals surface area contributed by atoms with Crippen molar-refractivity contribution in [1.29, 1.82) is 0 Å². The van der Waals surface area contributed by atoms with Gasteiger partial charge < -0.3 is 9.64 Å². The third kappa shape index (κ3) is 4.53. The molecule has 144 valence electrons. The van der Waals surface area contributed by atoms with Crippen molar-refractivity contribution in [3.63, 3.8) is 0 Å². The topological polar surface area (TPSA) is 76.5 Å². The summed E-state index contributed by atoms with van der Waals surface area (Å²) in [6.07, 6.45) is 0.725. The number of aromatic amines is 1. The van der Waals surface area contributed by atoms with E-state index in [0.717, 1.165) is 24.1 Å². The number of benzene rings is 2. The first-order chi connectivity index (χ1) is 13.6. The molecule has 6 heteroatoms. The summed E-state index contributed by atoms with van der Waals surface area (Å²) < 4.78 is 5.41. The number of rotatable bonds is 7. The molecule has 3 rings (SSSR count). The number of carbonyl (C=O) groups excluding carboxylic acids is 1. The molecule has 0 aliphatic carbocycles. The number of esters is 1. The van der Waals surface area contributed by atoms with Gasteiger partial charge in [-0.1, -0.05) is 60.7 Å². The number of H-pyrrole nitrogens is 1. The van der Waals surface area contributed by atoms with Gasteiger partial charge in [0.05, 0.1) is 32.9 Å². The van der Waals surface area contributed by atoms with E-state index in [2.05, 4.69) is 10.2 Å². The zero-order valence-electron chi connectivity index (χ0n) is 16.1. The van der Waals surface area contributed by atoms with Crippen LogP contribution in [0, 0.1) is 0 Å². The van der Waals surface area contributed by atoms with Crippen molar-refractivity contribution >= 4 is 5.97 Å². The van der Waals surface area contributed by atoms with E-state index in [4.69, 9.17) is 4.74 Å². The van der Waals surface area contributed by atoms with Crippen LogP contribution >= 0.6 is 0 Å². The van der Waals surface area contributed by atoms with Crippen LogP contribution in [-0.4, -0.2) is 43.4 Å². The molecule has 2 N–H and O–H groups in total. The van der Waals surface area contributed by atoms with E-state index in [-0.39, 0.29) is 12.2 Å². The van der Waals surface area contributed by atoms with Crippen LogP contribution < -0.4 is 10.5 Å². The summed E-state index contributed by atoms with van der Waals surface area (Å²) in [6.45, 7) is 1.14. The first-order valence-electron chi connectivity index (χ1n) is 9.27. The molecular formula is C22H24N3O3+. The van der Waals surface area contributed by atoms with Crippen LogP contribution in [0.5, 0.6) is 0 Å². The maximum Gasteiger partial charge on any atom is 0.344 e. The molecule has 0 aliphatic rings. The molecule has 0 saturated heterocycles. The summed E-state index contributed by atoms with van der Waals surface area (Å²) >= 11 is 0. The van der Waals surface area contributed by atoms with Crippen LogP contribution in [0.15, 0.2) is 65.5 Å². The quantitative estimate of drug-likeness (QED) is 0.486. The molecule has 0 aliphatic heterocycles. The van der Waals surface area contributed by atoms with Gasteiger partial charge in [0, 0.05) is 17.5 Å². The van der Waals surface area contributed by atoms with E-state index in [1.54, 1.807) is 0 Å². The Bertz CT molecular complexity index is 983. The maximum absolute atomic E-state index is 12.8. The second kappa shape index (κ2) is 9.10. The minimum atomic E-state index is -0.631. The molecule has 0 saturated carbocycles. The van der Waals surface area contributed by atoms with E-state index in [9.17, 15) is 9.59 Å². The lowest BCUT2D eigenvalue weighted by atomic mass is 9.95. The van der Waals surface area contributed by atoms with Crippen LogP contribution in [0.25, 0.3) is 22.4 Å². The minimum absolute atomic E-state index is 0.0164. The van der Waals surface area contributed by atoms with Crippen molar-refractivity contribution in [2.45, 2.75) is 6.42 Å². The fourth-order valence-electron chi connectivity index (χ4n) is 3.00. The molecule has 3 aromatic rings. The number of hydrogen-bond acceptors (Lipinski definition) is 4. The summed E-state index contributed by atoms with van der Waals surface area (Å²) in [5.74, 6) is -0.631. The Morgan fingerprint density at radius 1 is 1.00 bits per heavy atom. The monoisotopic (exact) mass is 378 g/mol. The predicted octanol–water partition coefficient (Wildman–Crippen LogP) is 1.80. The summed E-state index contributed by atoms with van der Waals surface area (Å²) in [6, 6.07) is 18.8. The highest BCUT2D eigenvalue weighted by Crippen LogP contribution is 2.31. The smallest absolute Gasteiger partial charge is 0.344 e. The van der Waals surface area contributed by atoms with E-state index in [1.807, 2.05) is 74.8 Å². The number of hydrogen-bond donors (Lipinski definition) is 2. The van der Waals surface area contributed by atoms with E-state index >= 15 is 0 Å². The Morgan fingerprint density at radius 2 is 1.61 bits per heavy atom. The van der Waals surface area contributed by atoms with Crippen molar-refractivity contribution in [2.24, 2.45) is 0 Å². The first kappa shape index (κ1) is 19.5. The zero-order valence-corrected chi connectivity index (χ0v) is 16.1. The van der Waals surface area contributed by atoms with Gasteiger partial charge in [0.1, 0.15) is 5.56 Å². The van der Waals surface area contributed by atoms with Crippen LogP contribution in [0.2, 0.25) is 0 Å². The zero-order chi connectivity index (χ0) is 19.9. The fourth-order valence-corrected chi connectivity index (χ4v) is 3.00. The Morgan fingerprint density at radius 3 is 2.21 bits per heavy atom. The largest absolute Gasteiger partial charge is 0.462 e. The van der Waals surface area contributed by atoms with E-state index in [1.165, 1.54) is 4.90 Å². The van der Waals surface area contributed by atoms with Crippen LogP contribution in [0.1, 0.15) is 16.8 Å². The number of aromatic nitrogens is 2. The highest BCUT2D eigenvalue weighted by molar-refractivity contribution is 6.00. The highest BCUT2D eigenvalue weighted by atomic mass is 16.5. The molecule has 1 heterocycles. The highest BCUT2D eigenvalue weighted by Gasteiger charge is 2.24. The Kier molecular flexibility index (Phi) is 6.34. The van der Waals surface area contributed by atoms with Gasteiger partial charge in [-0.3, -0.25) is 4.79 Å². The molecule has 0 atom stereocenters. The molecule has 28 heavy (non-hydrogen) atoms. The average Bonchev–Trinajstić information content (AvgIpc) is 2.72. The molecule has 1 aromatic heterocycles. The van der Waals surface area contributed by atoms with Gasteiger partial charge in [0.15, 0.2) is 0 Å². The predicted molar refractivity (Wildman–Crippen MR) is 108 cm³/mol.